The largest absolute Gasteiger partial charge is 0.399 e. The maximum atomic E-state index is 13.6. The molecule has 4 aromatic rings. The van der Waals surface area contributed by atoms with Crippen LogP contribution in [0, 0.1) is 12.7 Å². The van der Waals surface area contributed by atoms with Crippen molar-refractivity contribution in [3.63, 3.8) is 0 Å². The number of nitrogen functional groups attached to an aromatic ring is 1. The highest BCUT2D eigenvalue weighted by molar-refractivity contribution is 5.44. The molecule has 4 nitrogen and oxygen atoms in total. The summed E-state index contributed by atoms with van der Waals surface area (Å²) in [4.78, 5) is 19.6. The molecule has 0 bridgehead atoms. The molecule has 3 N–H and O–H groups in total. The van der Waals surface area contributed by atoms with Crippen molar-refractivity contribution < 1.29 is 4.39 Å². The van der Waals surface area contributed by atoms with Crippen LogP contribution in [0.15, 0.2) is 94.5 Å². The summed E-state index contributed by atoms with van der Waals surface area (Å²) >= 11 is 0. The van der Waals surface area contributed by atoms with E-state index in [-0.39, 0.29) is 28.8 Å². The fraction of sp³-hybridized carbons (Fsp3) is 0.154. The molecule has 1 unspecified atom stereocenters. The second kappa shape index (κ2) is 9.96. The van der Waals surface area contributed by atoms with Crippen molar-refractivity contribution in [2.45, 2.75) is 25.9 Å². The number of benzene rings is 3. The average molecular weight is 416 g/mol. The zero-order valence-corrected chi connectivity index (χ0v) is 17.5. The molecule has 31 heavy (non-hydrogen) atoms. The first kappa shape index (κ1) is 22.1. The molecular weight excluding hydrogens is 391 g/mol. The second-order valence-electron chi connectivity index (χ2n) is 7.52. The van der Waals surface area contributed by atoms with Gasteiger partial charge in [-0.3, -0.25) is 14.9 Å². The molecule has 0 radical (unpaired) electrons. The van der Waals surface area contributed by atoms with Gasteiger partial charge in [-0.05, 0) is 66.9 Å². The molecule has 5 heteroatoms. The van der Waals surface area contributed by atoms with Gasteiger partial charge in [0.05, 0.1) is 6.04 Å². The molecule has 0 aliphatic carbocycles. The molecule has 4 aromatic carbocycles. The maximum Gasteiger partial charge on any atom is 0.225 e. The lowest BCUT2D eigenvalue weighted by atomic mass is 9.95. The highest BCUT2D eigenvalue weighted by Gasteiger charge is 2.18. The number of nitrogens with one attached hydrogen (secondary N) is 1. The quantitative estimate of drug-likeness (QED) is 0.373. The van der Waals surface area contributed by atoms with E-state index in [0.717, 1.165) is 22.4 Å². The van der Waals surface area contributed by atoms with E-state index in [1.165, 1.54) is 23.8 Å². The minimum absolute atomic E-state index is 0.0107. The fourth-order valence-corrected chi connectivity index (χ4v) is 3.22. The fourth-order valence-electron chi connectivity index (χ4n) is 3.22. The van der Waals surface area contributed by atoms with Crippen LogP contribution in [0.4, 0.5) is 10.1 Å². The Labute approximate surface area is 180 Å². The summed E-state index contributed by atoms with van der Waals surface area (Å²) < 4.78 is 13.6. The first-order chi connectivity index (χ1) is 14.8. The van der Waals surface area contributed by atoms with Gasteiger partial charge in [0.15, 0.2) is 0 Å². The Morgan fingerprint density at radius 3 is 1.94 bits per heavy atom. The van der Waals surface area contributed by atoms with Crippen LogP contribution in [0.1, 0.15) is 41.3 Å². The van der Waals surface area contributed by atoms with Crippen LogP contribution >= 0.6 is 0 Å². The normalized spacial score (nSPS) is 12.6. The van der Waals surface area contributed by atoms with Crippen LogP contribution in [0.2, 0.25) is 0 Å². The van der Waals surface area contributed by atoms with Crippen molar-refractivity contribution in [2.75, 3.05) is 5.73 Å². The summed E-state index contributed by atoms with van der Waals surface area (Å²) in [7, 11) is 0. The lowest BCUT2D eigenvalue weighted by Crippen LogP contribution is -2.26. The second-order valence-corrected chi connectivity index (χ2v) is 7.52. The van der Waals surface area contributed by atoms with Crippen LogP contribution in [-0.4, -0.2) is 0 Å². The third-order valence-electron chi connectivity index (χ3n) is 5.05. The van der Waals surface area contributed by atoms with E-state index in [1.54, 1.807) is 12.1 Å². The van der Waals surface area contributed by atoms with Gasteiger partial charge in [0.1, 0.15) is 5.82 Å². The van der Waals surface area contributed by atoms with Crippen LogP contribution in [-0.2, 0) is 0 Å². The topological polar surface area (TPSA) is 72.2 Å². The van der Waals surface area contributed by atoms with Crippen LogP contribution in [0.5, 0.6) is 0 Å². The van der Waals surface area contributed by atoms with Crippen molar-refractivity contribution in [2.24, 2.45) is 0 Å². The van der Waals surface area contributed by atoms with Crippen molar-refractivity contribution in [1.29, 1.82) is 0 Å². The minimum atomic E-state index is -0.380. The summed E-state index contributed by atoms with van der Waals surface area (Å²) in [5.74, 6) is -0.220. The van der Waals surface area contributed by atoms with Gasteiger partial charge in [-0.1, -0.05) is 54.1 Å². The number of hydrogen-bond donors (Lipinski definition) is 2. The van der Waals surface area contributed by atoms with Gasteiger partial charge in [-0.15, -0.1) is 0 Å². The van der Waals surface area contributed by atoms with Gasteiger partial charge in [0, 0.05) is 11.7 Å². The predicted molar refractivity (Wildman–Crippen MR) is 123 cm³/mol. The van der Waals surface area contributed by atoms with Crippen LogP contribution < -0.4 is 21.9 Å². The zero-order valence-electron chi connectivity index (χ0n) is 17.5. The molecule has 0 saturated carbocycles. The van der Waals surface area contributed by atoms with Crippen molar-refractivity contribution in [3.05, 3.63) is 133 Å². The molecule has 0 saturated heterocycles. The minimum Gasteiger partial charge on any atom is -0.399 e. The zero-order chi connectivity index (χ0) is 22.4. The van der Waals surface area contributed by atoms with Crippen molar-refractivity contribution in [3.8, 4) is 0 Å². The van der Waals surface area contributed by atoms with Gasteiger partial charge < -0.3 is 5.73 Å². The Balaban J connectivity index is 0.000000391. The van der Waals surface area contributed by atoms with Gasteiger partial charge in [0.2, 0.25) is 10.9 Å². The molecule has 158 valence electrons. The molecule has 0 heterocycles. The summed E-state index contributed by atoms with van der Waals surface area (Å²) in [5.41, 5.74) is 10.3. The lowest BCUT2D eigenvalue weighted by molar-refractivity contribution is 0.513. The monoisotopic (exact) mass is 416 g/mol. The summed E-state index contributed by atoms with van der Waals surface area (Å²) in [5, 5.41) is 3.62. The molecule has 2 atom stereocenters. The predicted octanol–water partition coefficient (Wildman–Crippen LogP) is 4.44. The Morgan fingerprint density at radius 2 is 1.39 bits per heavy atom. The Hall–Kier alpha value is -3.57. The van der Waals surface area contributed by atoms with Gasteiger partial charge in [-0.25, -0.2) is 4.39 Å². The summed E-state index contributed by atoms with van der Waals surface area (Å²) in [6.45, 7) is 4.12. The highest BCUT2D eigenvalue weighted by atomic mass is 19.1. The number of hydrogen-bond acceptors (Lipinski definition) is 4. The van der Waals surface area contributed by atoms with Gasteiger partial charge in [-0.2, -0.15) is 0 Å². The van der Waals surface area contributed by atoms with E-state index < -0.39 is 0 Å². The highest BCUT2D eigenvalue weighted by Crippen LogP contribution is 2.27. The maximum absolute atomic E-state index is 13.6. The first-order valence-electron chi connectivity index (χ1n) is 10.0. The molecule has 0 aliphatic heterocycles. The van der Waals surface area contributed by atoms with E-state index in [2.05, 4.69) is 42.6 Å². The molecule has 0 spiro atoms. The van der Waals surface area contributed by atoms with Crippen LogP contribution in [0.25, 0.3) is 0 Å². The standard InChI is InChI=1S/C22H23FN2.C4H2O2/c1-15-9-11-17(12-10-15)22(19-6-4-8-21(24)14-19)25-16(2)18-5-3-7-20(23)13-18;5-3-1-2-4(3)6/h3-14,16,22,25H,24H2,1-2H3;1-2H/t16-,22?;/m1./s1. The van der Waals surface area contributed by atoms with E-state index >= 15 is 0 Å². The lowest BCUT2D eigenvalue weighted by Gasteiger charge is -2.25. The number of halogens is 1. The van der Waals surface area contributed by atoms with E-state index in [1.807, 2.05) is 31.2 Å². The molecule has 0 aliphatic rings. The third-order valence-corrected chi connectivity index (χ3v) is 5.05. The van der Waals surface area contributed by atoms with Crippen molar-refractivity contribution >= 4 is 5.69 Å². The van der Waals surface area contributed by atoms with E-state index in [9.17, 15) is 14.0 Å². The molecule has 0 aromatic heterocycles. The van der Waals surface area contributed by atoms with Crippen molar-refractivity contribution in [1.82, 2.24) is 5.32 Å². The summed E-state index contributed by atoms with van der Waals surface area (Å²) in [6, 6.07) is 25.5. The van der Waals surface area contributed by atoms with E-state index in [4.69, 9.17) is 5.73 Å². The SMILES string of the molecule is Cc1ccc(C(N[C@H](C)c2cccc(F)c2)c2cccc(N)c2)cc1.O=c1ccc1=O. The number of nitrogens with two attached hydrogens (primary N) is 1. The Kier molecular flexibility index (Phi) is 7.11. The van der Waals surface area contributed by atoms with Crippen LogP contribution in [0.3, 0.4) is 0 Å². The van der Waals surface area contributed by atoms with Gasteiger partial charge >= 0.3 is 0 Å². The Morgan fingerprint density at radius 1 is 0.774 bits per heavy atom. The smallest absolute Gasteiger partial charge is 0.225 e. The first-order valence-corrected chi connectivity index (χ1v) is 10.0. The van der Waals surface area contributed by atoms with E-state index in [0.29, 0.717) is 0 Å². The third kappa shape index (κ3) is 5.96. The number of anilines is 1. The average Bonchev–Trinajstić information content (AvgIpc) is 2.77. The number of aryl methyl sites for hydroxylation is 1. The molecule has 0 amide bonds. The van der Waals surface area contributed by atoms with Gasteiger partial charge in [0.25, 0.3) is 0 Å². The summed E-state index contributed by atoms with van der Waals surface area (Å²) in [6.07, 6.45) is 0. The molecular formula is C26H25FN2O2. The Bertz CT molecular complexity index is 1190. The number of rotatable bonds is 5. The molecule has 4 rings (SSSR count). The molecule has 0 fully saturated rings.